The number of aromatic nitrogens is 1. The smallest absolute Gasteiger partial charge is 0.277 e. The molecule has 1 amide bonds. The SMILES string of the molecule is Cc1cc(-n2c(C)cc(/C=N/NC(=O)COc3ccc(Br)cc3Br)c2C)ccc1I. The van der Waals surface area contributed by atoms with Crippen LogP contribution in [0.3, 0.4) is 0 Å². The molecule has 0 radical (unpaired) electrons. The Morgan fingerprint density at radius 2 is 1.93 bits per heavy atom. The molecular weight excluding hydrogens is 625 g/mol. The van der Waals surface area contributed by atoms with Crippen molar-refractivity contribution in [1.29, 1.82) is 0 Å². The number of benzene rings is 2. The van der Waals surface area contributed by atoms with Crippen LogP contribution in [0.1, 0.15) is 22.5 Å². The van der Waals surface area contributed by atoms with Gasteiger partial charge in [-0.3, -0.25) is 4.79 Å². The zero-order valence-electron chi connectivity index (χ0n) is 16.7. The van der Waals surface area contributed by atoms with Crippen molar-refractivity contribution in [3.05, 3.63) is 77.5 Å². The van der Waals surface area contributed by atoms with E-state index in [1.807, 2.05) is 25.1 Å². The Morgan fingerprint density at radius 3 is 2.63 bits per heavy atom. The summed E-state index contributed by atoms with van der Waals surface area (Å²) in [4.78, 5) is 12.1. The van der Waals surface area contributed by atoms with Crippen LogP contribution >= 0.6 is 54.5 Å². The van der Waals surface area contributed by atoms with Crippen molar-refractivity contribution in [1.82, 2.24) is 9.99 Å². The van der Waals surface area contributed by atoms with Gasteiger partial charge in [0, 0.05) is 30.7 Å². The molecule has 0 atom stereocenters. The molecule has 1 aromatic heterocycles. The van der Waals surface area contributed by atoms with Gasteiger partial charge in [-0.1, -0.05) is 15.9 Å². The maximum atomic E-state index is 12.1. The van der Waals surface area contributed by atoms with E-state index in [4.69, 9.17) is 4.74 Å². The number of hydrogen-bond acceptors (Lipinski definition) is 3. The van der Waals surface area contributed by atoms with E-state index in [9.17, 15) is 4.79 Å². The van der Waals surface area contributed by atoms with Crippen LogP contribution in [-0.2, 0) is 4.79 Å². The zero-order valence-corrected chi connectivity index (χ0v) is 22.0. The largest absolute Gasteiger partial charge is 0.483 e. The van der Waals surface area contributed by atoms with Gasteiger partial charge in [-0.25, -0.2) is 5.43 Å². The number of carbonyl (C=O) groups excluding carboxylic acids is 1. The Balaban J connectivity index is 1.65. The number of carbonyl (C=O) groups is 1. The lowest BCUT2D eigenvalue weighted by atomic mass is 10.2. The Bertz CT molecular complexity index is 1130. The summed E-state index contributed by atoms with van der Waals surface area (Å²) in [6.45, 7) is 6.07. The molecule has 3 aromatic rings. The van der Waals surface area contributed by atoms with Crippen LogP contribution in [-0.4, -0.2) is 23.3 Å². The summed E-state index contributed by atoms with van der Waals surface area (Å²) >= 11 is 9.12. The summed E-state index contributed by atoms with van der Waals surface area (Å²) in [6.07, 6.45) is 1.66. The third-order valence-corrected chi connectivity index (χ3v) is 6.84. The summed E-state index contributed by atoms with van der Waals surface area (Å²) in [6, 6.07) is 13.9. The number of rotatable bonds is 6. The number of hydrazone groups is 1. The third-order valence-electron chi connectivity index (χ3n) is 4.52. The molecule has 8 heteroatoms. The number of amides is 1. The summed E-state index contributed by atoms with van der Waals surface area (Å²) in [5.74, 6) is 0.261. The average molecular weight is 645 g/mol. The second-order valence-electron chi connectivity index (χ2n) is 6.75. The molecule has 2 aromatic carbocycles. The van der Waals surface area contributed by atoms with Crippen molar-refractivity contribution >= 4 is 66.6 Å². The molecule has 5 nitrogen and oxygen atoms in total. The highest BCUT2D eigenvalue weighted by Crippen LogP contribution is 2.28. The first kappa shape index (κ1) is 23.0. The van der Waals surface area contributed by atoms with Gasteiger partial charge in [-0.05, 0) is 107 Å². The third kappa shape index (κ3) is 5.53. The molecule has 0 saturated heterocycles. The highest BCUT2D eigenvalue weighted by Gasteiger charge is 2.11. The van der Waals surface area contributed by atoms with Gasteiger partial charge in [0.25, 0.3) is 5.91 Å². The molecule has 0 fully saturated rings. The van der Waals surface area contributed by atoms with Gasteiger partial charge in [0.05, 0.1) is 10.7 Å². The highest BCUT2D eigenvalue weighted by atomic mass is 127. The molecular formula is C22H20Br2IN3O2. The molecule has 0 aliphatic heterocycles. The minimum Gasteiger partial charge on any atom is -0.483 e. The van der Waals surface area contributed by atoms with Crippen LogP contribution in [0.15, 0.2) is 56.5 Å². The number of nitrogens with one attached hydrogen (secondary N) is 1. The molecule has 0 saturated carbocycles. The first-order chi connectivity index (χ1) is 14.3. The second kappa shape index (κ2) is 10.1. The van der Waals surface area contributed by atoms with Crippen molar-refractivity contribution in [3.63, 3.8) is 0 Å². The Morgan fingerprint density at radius 1 is 1.17 bits per heavy atom. The lowest BCUT2D eigenvalue weighted by molar-refractivity contribution is -0.123. The molecule has 0 aliphatic rings. The fourth-order valence-electron chi connectivity index (χ4n) is 3.03. The first-order valence-electron chi connectivity index (χ1n) is 9.11. The van der Waals surface area contributed by atoms with Crippen molar-refractivity contribution in [2.75, 3.05) is 6.61 Å². The fraction of sp³-hybridized carbons (Fsp3) is 0.182. The van der Waals surface area contributed by atoms with Crippen LogP contribution in [0.2, 0.25) is 0 Å². The Labute approximate surface area is 206 Å². The molecule has 3 rings (SSSR count). The van der Waals surface area contributed by atoms with E-state index in [0.717, 1.165) is 31.6 Å². The zero-order chi connectivity index (χ0) is 21.8. The van der Waals surface area contributed by atoms with Crippen LogP contribution in [0, 0.1) is 24.3 Å². The Hall–Kier alpha value is -1.65. The van der Waals surface area contributed by atoms with E-state index in [1.54, 1.807) is 12.3 Å². The van der Waals surface area contributed by atoms with E-state index in [-0.39, 0.29) is 12.5 Å². The van der Waals surface area contributed by atoms with Gasteiger partial charge in [-0.15, -0.1) is 0 Å². The minimum absolute atomic E-state index is 0.126. The van der Waals surface area contributed by atoms with Crippen LogP contribution < -0.4 is 10.2 Å². The van der Waals surface area contributed by atoms with Crippen LogP contribution in [0.25, 0.3) is 5.69 Å². The molecule has 0 aliphatic carbocycles. The van der Waals surface area contributed by atoms with E-state index >= 15 is 0 Å². The van der Waals surface area contributed by atoms with Gasteiger partial charge in [0.1, 0.15) is 5.75 Å². The number of halogens is 3. The van der Waals surface area contributed by atoms with Crippen molar-refractivity contribution in [3.8, 4) is 11.4 Å². The van der Waals surface area contributed by atoms with Gasteiger partial charge < -0.3 is 9.30 Å². The van der Waals surface area contributed by atoms with Crippen molar-refractivity contribution < 1.29 is 9.53 Å². The molecule has 0 spiro atoms. The summed E-state index contributed by atoms with van der Waals surface area (Å²) in [7, 11) is 0. The van der Waals surface area contributed by atoms with Crippen molar-refractivity contribution in [2.24, 2.45) is 5.10 Å². The predicted molar refractivity (Wildman–Crippen MR) is 136 cm³/mol. The lowest BCUT2D eigenvalue weighted by Gasteiger charge is -2.11. The number of aryl methyl sites for hydroxylation is 2. The van der Waals surface area contributed by atoms with Gasteiger partial charge >= 0.3 is 0 Å². The number of ether oxygens (including phenoxy) is 1. The minimum atomic E-state index is -0.330. The molecule has 0 bridgehead atoms. The molecule has 1 N–H and O–H groups in total. The lowest BCUT2D eigenvalue weighted by Crippen LogP contribution is -2.24. The molecule has 156 valence electrons. The maximum absolute atomic E-state index is 12.1. The van der Waals surface area contributed by atoms with E-state index < -0.39 is 0 Å². The molecule has 30 heavy (non-hydrogen) atoms. The summed E-state index contributed by atoms with van der Waals surface area (Å²) in [5, 5.41) is 4.09. The monoisotopic (exact) mass is 643 g/mol. The van der Waals surface area contributed by atoms with Gasteiger partial charge in [0.15, 0.2) is 6.61 Å². The van der Waals surface area contributed by atoms with Crippen LogP contribution in [0.4, 0.5) is 0 Å². The fourth-order valence-corrected chi connectivity index (χ4v) is 4.52. The predicted octanol–water partition coefficient (Wildman–Crippen LogP) is 6.06. The number of hydrogen-bond donors (Lipinski definition) is 1. The van der Waals surface area contributed by atoms with Gasteiger partial charge in [0.2, 0.25) is 0 Å². The van der Waals surface area contributed by atoms with Crippen molar-refractivity contribution in [2.45, 2.75) is 20.8 Å². The topological polar surface area (TPSA) is 55.6 Å². The number of nitrogens with zero attached hydrogens (tertiary/aromatic N) is 2. The molecule has 0 unspecified atom stereocenters. The summed E-state index contributed by atoms with van der Waals surface area (Å²) in [5.41, 5.74) is 7.97. The van der Waals surface area contributed by atoms with E-state index in [0.29, 0.717) is 5.75 Å². The highest BCUT2D eigenvalue weighted by molar-refractivity contribution is 14.1. The maximum Gasteiger partial charge on any atom is 0.277 e. The van der Waals surface area contributed by atoms with E-state index in [1.165, 1.54) is 9.13 Å². The second-order valence-corrected chi connectivity index (χ2v) is 9.68. The van der Waals surface area contributed by atoms with Crippen LogP contribution in [0.5, 0.6) is 5.75 Å². The standard InChI is InChI=1S/C22H20Br2IN3O2/c1-13-8-18(5-6-20(13)25)28-14(2)9-16(15(28)3)11-26-27-22(29)12-30-21-7-4-17(23)10-19(21)24/h4-11H,12H2,1-3H3,(H,27,29)/b26-11+. The normalized spacial score (nSPS) is 11.1. The van der Waals surface area contributed by atoms with E-state index in [2.05, 4.69) is 102 Å². The first-order valence-corrected chi connectivity index (χ1v) is 11.8. The average Bonchev–Trinajstić information content (AvgIpc) is 2.97. The quantitative estimate of drug-likeness (QED) is 0.202. The summed E-state index contributed by atoms with van der Waals surface area (Å²) < 4.78 is 10.6. The Kier molecular flexibility index (Phi) is 7.75. The van der Waals surface area contributed by atoms with Gasteiger partial charge in [-0.2, -0.15) is 5.10 Å². The molecule has 1 heterocycles.